The Labute approximate surface area is 108 Å². The van der Waals surface area contributed by atoms with Gasteiger partial charge in [-0.15, -0.1) is 0 Å². The highest BCUT2D eigenvalue weighted by Crippen LogP contribution is 2.18. The van der Waals surface area contributed by atoms with Crippen LogP contribution in [0.5, 0.6) is 0 Å². The quantitative estimate of drug-likeness (QED) is 0.845. The van der Waals surface area contributed by atoms with Gasteiger partial charge in [-0.05, 0) is 49.5 Å². The average Bonchev–Trinajstić information content (AvgIpc) is 2.38. The summed E-state index contributed by atoms with van der Waals surface area (Å²) in [5.74, 6) is 0.726. The van der Waals surface area contributed by atoms with Gasteiger partial charge in [-0.2, -0.15) is 0 Å². The van der Waals surface area contributed by atoms with Gasteiger partial charge in [0.1, 0.15) is 0 Å². The fourth-order valence-corrected chi connectivity index (χ4v) is 2.40. The van der Waals surface area contributed by atoms with Gasteiger partial charge in [-0.25, -0.2) is 0 Å². The van der Waals surface area contributed by atoms with E-state index < -0.39 is 0 Å². The number of nitrogens with one attached hydrogen (secondary N) is 2. The number of hydrogen-bond acceptors (Lipinski definition) is 3. The van der Waals surface area contributed by atoms with Crippen LogP contribution < -0.4 is 10.6 Å². The smallest absolute Gasteiger partial charge is 0.223 e. The van der Waals surface area contributed by atoms with E-state index in [-0.39, 0.29) is 11.8 Å². The molecule has 1 aromatic heterocycles. The fraction of sp³-hybridized carbons (Fsp3) is 0.571. The number of hydrogen-bond donors (Lipinski definition) is 2. The van der Waals surface area contributed by atoms with Gasteiger partial charge in [0.15, 0.2) is 0 Å². The van der Waals surface area contributed by atoms with Crippen molar-refractivity contribution in [2.24, 2.45) is 11.8 Å². The maximum Gasteiger partial charge on any atom is 0.223 e. The molecular weight excluding hydrogens is 226 g/mol. The van der Waals surface area contributed by atoms with Crippen molar-refractivity contribution in [2.45, 2.75) is 26.8 Å². The SMILES string of the molecule is Cc1ccncc1CNC(=O)C1CCNCC1C. The molecule has 1 aromatic rings. The number of carbonyl (C=O) groups is 1. The summed E-state index contributed by atoms with van der Waals surface area (Å²) in [6, 6.07) is 1.97. The van der Waals surface area contributed by atoms with Crippen molar-refractivity contribution in [1.29, 1.82) is 0 Å². The van der Waals surface area contributed by atoms with E-state index in [1.165, 1.54) is 5.56 Å². The van der Waals surface area contributed by atoms with E-state index in [1.54, 1.807) is 6.20 Å². The Kier molecular flexibility index (Phi) is 4.31. The Morgan fingerprint density at radius 2 is 2.44 bits per heavy atom. The number of rotatable bonds is 3. The first kappa shape index (κ1) is 13.0. The molecule has 0 spiro atoms. The summed E-state index contributed by atoms with van der Waals surface area (Å²) >= 11 is 0. The highest BCUT2D eigenvalue weighted by Gasteiger charge is 2.27. The first-order chi connectivity index (χ1) is 8.68. The molecule has 1 aliphatic heterocycles. The molecule has 0 bridgehead atoms. The first-order valence-electron chi connectivity index (χ1n) is 6.56. The molecule has 0 aliphatic carbocycles. The molecule has 1 fully saturated rings. The third kappa shape index (κ3) is 3.07. The lowest BCUT2D eigenvalue weighted by Crippen LogP contribution is -2.43. The van der Waals surface area contributed by atoms with Crippen LogP contribution in [0.3, 0.4) is 0 Å². The number of piperidine rings is 1. The van der Waals surface area contributed by atoms with Crippen molar-refractivity contribution in [3.05, 3.63) is 29.6 Å². The molecule has 18 heavy (non-hydrogen) atoms. The highest BCUT2D eigenvalue weighted by molar-refractivity contribution is 5.79. The van der Waals surface area contributed by atoms with Crippen molar-refractivity contribution in [2.75, 3.05) is 13.1 Å². The monoisotopic (exact) mass is 247 g/mol. The van der Waals surface area contributed by atoms with Crippen LogP contribution in [-0.4, -0.2) is 24.0 Å². The minimum atomic E-state index is 0.142. The molecule has 0 aromatic carbocycles. The van der Waals surface area contributed by atoms with Crippen molar-refractivity contribution in [3.8, 4) is 0 Å². The van der Waals surface area contributed by atoms with Gasteiger partial charge in [-0.3, -0.25) is 9.78 Å². The zero-order chi connectivity index (χ0) is 13.0. The maximum atomic E-state index is 12.1. The minimum Gasteiger partial charge on any atom is -0.352 e. The summed E-state index contributed by atoms with van der Waals surface area (Å²) in [5, 5.41) is 6.35. The van der Waals surface area contributed by atoms with Crippen molar-refractivity contribution < 1.29 is 4.79 Å². The normalized spacial score (nSPS) is 23.7. The second-order valence-electron chi connectivity index (χ2n) is 5.10. The van der Waals surface area contributed by atoms with Gasteiger partial charge in [0.2, 0.25) is 5.91 Å². The summed E-state index contributed by atoms with van der Waals surface area (Å²) < 4.78 is 0. The van der Waals surface area contributed by atoms with E-state index >= 15 is 0 Å². The van der Waals surface area contributed by atoms with Crippen molar-refractivity contribution in [1.82, 2.24) is 15.6 Å². The molecule has 98 valence electrons. The standard InChI is InChI=1S/C14H21N3O/c1-10-3-5-16-8-12(10)9-17-14(18)13-4-6-15-7-11(13)2/h3,5,8,11,13,15H,4,6-7,9H2,1-2H3,(H,17,18). The molecule has 4 nitrogen and oxygen atoms in total. The topological polar surface area (TPSA) is 54.0 Å². The summed E-state index contributed by atoms with van der Waals surface area (Å²) in [4.78, 5) is 16.2. The molecule has 0 radical (unpaired) electrons. The van der Waals surface area contributed by atoms with Crippen LogP contribution in [0.4, 0.5) is 0 Å². The van der Waals surface area contributed by atoms with E-state index in [0.29, 0.717) is 12.5 Å². The maximum absolute atomic E-state index is 12.1. The van der Waals surface area contributed by atoms with Crippen LogP contribution in [-0.2, 0) is 11.3 Å². The molecular formula is C14H21N3O. The predicted octanol–water partition coefficient (Wildman–Crippen LogP) is 1.25. The molecule has 2 atom stereocenters. The van der Waals surface area contributed by atoms with Crippen molar-refractivity contribution >= 4 is 5.91 Å². The zero-order valence-corrected chi connectivity index (χ0v) is 11.1. The lowest BCUT2D eigenvalue weighted by molar-refractivity contribution is -0.127. The van der Waals surface area contributed by atoms with Gasteiger partial charge < -0.3 is 10.6 Å². The van der Waals surface area contributed by atoms with Gasteiger partial charge >= 0.3 is 0 Å². The van der Waals surface area contributed by atoms with Crippen LogP contribution in [0.2, 0.25) is 0 Å². The molecule has 2 N–H and O–H groups in total. The second-order valence-corrected chi connectivity index (χ2v) is 5.10. The largest absolute Gasteiger partial charge is 0.352 e. The Bertz CT molecular complexity index is 419. The summed E-state index contributed by atoms with van der Waals surface area (Å²) in [6.07, 6.45) is 4.52. The second kappa shape index (κ2) is 5.96. The molecule has 0 saturated carbocycles. The van der Waals surface area contributed by atoms with Gasteiger partial charge in [0.25, 0.3) is 0 Å². The van der Waals surface area contributed by atoms with E-state index in [2.05, 4.69) is 22.5 Å². The fourth-order valence-electron chi connectivity index (χ4n) is 2.40. The summed E-state index contributed by atoms with van der Waals surface area (Å²) in [5.41, 5.74) is 2.26. The van der Waals surface area contributed by atoms with Crippen LogP contribution in [0.15, 0.2) is 18.5 Å². The van der Waals surface area contributed by atoms with Crippen molar-refractivity contribution in [3.63, 3.8) is 0 Å². The van der Waals surface area contributed by atoms with Gasteiger partial charge in [-0.1, -0.05) is 6.92 Å². The average molecular weight is 247 g/mol. The third-order valence-electron chi connectivity index (χ3n) is 3.72. The zero-order valence-electron chi connectivity index (χ0n) is 11.1. The number of carbonyl (C=O) groups excluding carboxylic acids is 1. The lowest BCUT2D eigenvalue weighted by Gasteiger charge is -2.28. The van der Waals surface area contributed by atoms with Crippen LogP contribution >= 0.6 is 0 Å². The molecule has 1 saturated heterocycles. The Morgan fingerprint density at radius 1 is 1.61 bits per heavy atom. The number of aryl methyl sites for hydroxylation is 1. The predicted molar refractivity (Wildman–Crippen MR) is 71.0 cm³/mol. The molecule has 2 rings (SSSR count). The first-order valence-corrected chi connectivity index (χ1v) is 6.56. The number of nitrogens with zero attached hydrogens (tertiary/aromatic N) is 1. The Hall–Kier alpha value is -1.42. The van der Waals surface area contributed by atoms with Crippen LogP contribution in [0.25, 0.3) is 0 Å². The number of aromatic nitrogens is 1. The van der Waals surface area contributed by atoms with E-state index in [1.807, 2.05) is 19.2 Å². The molecule has 1 amide bonds. The van der Waals surface area contributed by atoms with Gasteiger partial charge in [0.05, 0.1) is 0 Å². The molecule has 4 heteroatoms. The van der Waals surface area contributed by atoms with E-state index in [4.69, 9.17) is 0 Å². The van der Waals surface area contributed by atoms with E-state index in [0.717, 1.165) is 25.1 Å². The van der Waals surface area contributed by atoms with Crippen LogP contribution in [0.1, 0.15) is 24.5 Å². The molecule has 1 aliphatic rings. The minimum absolute atomic E-state index is 0.142. The molecule has 2 unspecified atom stereocenters. The summed E-state index contributed by atoms with van der Waals surface area (Å²) in [6.45, 7) is 6.62. The third-order valence-corrected chi connectivity index (χ3v) is 3.72. The lowest BCUT2D eigenvalue weighted by atomic mass is 9.87. The number of amides is 1. The highest BCUT2D eigenvalue weighted by atomic mass is 16.1. The Morgan fingerprint density at radius 3 is 3.17 bits per heavy atom. The molecule has 2 heterocycles. The number of pyridine rings is 1. The van der Waals surface area contributed by atoms with Gasteiger partial charge in [0, 0.05) is 24.9 Å². The Balaban J connectivity index is 1.90. The summed E-state index contributed by atoms with van der Waals surface area (Å²) in [7, 11) is 0. The van der Waals surface area contributed by atoms with E-state index in [9.17, 15) is 4.79 Å². The van der Waals surface area contributed by atoms with Crippen LogP contribution in [0, 0.1) is 18.8 Å².